The summed E-state index contributed by atoms with van der Waals surface area (Å²) in [5.74, 6) is 0.448. The van der Waals surface area contributed by atoms with Crippen molar-refractivity contribution in [2.24, 2.45) is 10.2 Å². The molecule has 8 nitrogen and oxygen atoms in total. The molecule has 2 heterocycles. The van der Waals surface area contributed by atoms with E-state index in [2.05, 4.69) is 20.6 Å². The molecule has 5 rings (SSSR count). The fraction of sp³-hybridized carbons (Fsp3) is 0.0400. The fourth-order valence-corrected chi connectivity index (χ4v) is 4.15. The summed E-state index contributed by atoms with van der Waals surface area (Å²) in [6, 6.07) is 23.4. The molecule has 0 unspecified atom stereocenters. The zero-order valence-electron chi connectivity index (χ0n) is 18.0. The number of phenols is 1. The van der Waals surface area contributed by atoms with Crippen LogP contribution < -0.4 is 15.2 Å². The van der Waals surface area contributed by atoms with Crippen molar-refractivity contribution in [3.8, 4) is 22.8 Å². The standard InChI is InChI=1S/C25H19N5O3S/c1-33-20-12-10-16(11-13-20)21-15-34-25(26-21)30-24(32)23(22(29-30)17-6-3-2-4-7-17)28-27-18-8-5-9-19(31)14-18/h2-15,27,31H,1H3/b28-23+. The number of rotatable bonds is 6. The van der Waals surface area contributed by atoms with Crippen LogP contribution in [0.5, 0.6) is 11.5 Å². The Morgan fingerprint density at radius 3 is 2.53 bits per heavy atom. The third kappa shape index (κ3) is 4.24. The number of hydrogen-bond acceptors (Lipinski definition) is 8. The predicted molar refractivity (Wildman–Crippen MR) is 134 cm³/mol. The summed E-state index contributed by atoms with van der Waals surface area (Å²) in [5, 5.41) is 22.2. The van der Waals surface area contributed by atoms with E-state index in [0.29, 0.717) is 16.5 Å². The third-order valence-corrected chi connectivity index (χ3v) is 5.88. The average molecular weight is 470 g/mol. The lowest BCUT2D eigenvalue weighted by molar-refractivity contribution is -0.112. The number of hydrazone groups is 2. The Morgan fingerprint density at radius 1 is 1.00 bits per heavy atom. The lowest BCUT2D eigenvalue weighted by atomic mass is 10.1. The van der Waals surface area contributed by atoms with E-state index in [9.17, 15) is 9.90 Å². The number of nitrogens with zero attached hydrogens (tertiary/aromatic N) is 4. The van der Waals surface area contributed by atoms with Crippen LogP contribution in [0.2, 0.25) is 0 Å². The number of aromatic nitrogens is 1. The van der Waals surface area contributed by atoms with Gasteiger partial charge in [0.1, 0.15) is 17.2 Å². The summed E-state index contributed by atoms with van der Waals surface area (Å²) in [4.78, 5) is 18.0. The van der Waals surface area contributed by atoms with Crippen molar-refractivity contribution >= 4 is 39.5 Å². The zero-order valence-corrected chi connectivity index (χ0v) is 18.9. The van der Waals surface area contributed by atoms with E-state index in [1.54, 1.807) is 25.3 Å². The number of phenolic OH excluding ortho intramolecular Hbond substituents is 1. The highest BCUT2D eigenvalue weighted by molar-refractivity contribution is 7.14. The van der Waals surface area contributed by atoms with E-state index in [1.165, 1.54) is 22.4 Å². The molecule has 1 aliphatic rings. The largest absolute Gasteiger partial charge is 0.508 e. The van der Waals surface area contributed by atoms with Gasteiger partial charge in [0.05, 0.1) is 18.5 Å². The van der Waals surface area contributed by atoms with Crippen molar-refractivity contribution in [2.75, 3.05) is 17.5 Å². The second kappa shape index (κ2) is 9.16. The second-order valence-electron chi connectivity index (χ2n) is 7.30. The van der Waals surface area contributed by atoms with Crippen LogP contribution in [0.4, 0.5) is 10.8 Å². The van der Waals surface area contributed by atoms with Gasteiger partial charge in [-0.05, 0) is 36.4 Å². The second-order valence-corrected chi connectivity index (χ2v) is 8.13. The number of aromatic hydroxyl groups is 1. The van der Waals surface area contributed by atoms with E-state index in [4.69, 9.17) is 4.74 Å². The number of carbonyl (C=O) groups is 1. The van der Waals surface area contributed by atoms with Gasteiger partial charge >= 0.3 is 5.91 Å². The van der Waals surface area contributed by atoms with Gasteiger partial charge in [0.25, 0.3) is 0 Å². The first-order valence-corrected chi connectivity index (χ1v) is 11.2. The van der Waals surface area contributed by atoms with Crippen molar-refractivity contribution in [3.05, 3.63) is 89.8 Å². The number of thiazole rings is 1. The van der Waals surface area contributed by atoms with Crippen LogP contribution in [0.3, 0.4) is 0 Å². The molecule has 4 aromatic rings. The molecule has 0 bridgehead atoms. The SMILES string of the molecule is COc1ccc(-c2csc(N3N=C(c4ccccc4)/C(=N\Nc4cccc(O)c4)C3=O)n2)cc1. The predicted octanol–water partition coefficient (Wildman–Crippen LogP) is 4.74. The molecule has 0 fully saturated rings. The normalized spacial score (nSPS) is 14.4. The smallest absolute Gasteiger partial charge is 0.303 e. The van der Waals surface area contributed by atoms with Crippen molar-refractivity contribution in [1.82, 2.24) is 4.98 Å². The summed E-state index contributed by atoms with van der Waals surface area (Å²) in [7, 11) is 1.62. The van der Waals surface area contributed by atoms with Gasteiger partial charge in [-0.15, -0.1) is 11.3 Å². The maximum Gasteiger partial charge on any atom is 0.303 e. The first kappa shape index (κ1) is 21.4. The van der Waals surface area contributed by atoms with Crippen LogP contribution in [0.15, 0.2) is 94.4 Å². The van der Waals surface area contributed by atoms with Gasteiger partial charge in [-0.25, -0.2) is 4.98 Å². The minimum atomic E-state index is -0.401. The topological polar surface area (TPSA) is 99.4 Å². The minimum absolute atomic E-state index is 0.0929. The van der Waals surface area contributed by atoms with Gasteiger partial charge in [0.2, 0.25) is 5.13 Å². The number of benzene rings is 3. The van der Waals surface area contributed by atoms with Crippen molar-refractivity contribution in [3.63, 3.8) is 0 Å². The summed E-state index contributed by atoms with van der Waals surface area (Å²) in [5.41, 5.74) is 6.35. The van der Waals surface area contributed by atoms with E-state index in [0.717, 1.165) is 22.6 Å². The Balaban J connectivity index is 1.48. The molecule has 2 N–H and O–H groups in total. The Labute approximate surface area is 199 Å². The summed E-state index contributed by atoms with van der Waals surface area (Å²) >= 11 is 1.32. The number of carbonyl (C=O) groups excluding carboxylic acids is 1. The van der Waals surface area contributed by atoms with Crippen LogP contribution in [0.25, 0.3) is 11.3 Å². The highest BCUT2D eigenvalue weighted by Crippen LogP contribution is 2.31. The highest BCUT2D eigenvalue weighted by Gasteiger charge is 2.35. The summed E-state index contributed by atoms with van der Waals surface area (Å²) in [6.07, 6.45) is 0. The highest BCUT2D eigenvalue weighted by atomic mass is 32.1. The number of methoxy groups -OCH3 is 1. The van der Waals surface area contributed by atoms with E-state index in [-0.39, 0.29) is 11.5 Å². The molecule has 0 atom stereocenters. The van der Waals surface area contributed by atoms with Crippen molar-refractivity contribution in [1.29, 1.82) is 0 Å². The number of amides is 1. The molecule has 9 heteroatoms. The molecule has 3 aromatic carbocycles. The lowest BCUT2D eigenvalue weighted by Gasteiger charge is -2.07. The Morgan fingerprint density at radius 2 is 1.79 bits per heavy atom. The minimum Gasteiger partial charge on any atom is -0.508 e. The number of nitrogens with one attached hydrogen (secondary N) is 1. The monoisotopic (exact) mass is 469 g/mol. The van der Waals surface area contributed by atoms with Crippen LogP contribution in [-0.4, -0.2) is 34.5 Å². The molecular weight excluding hydrogens is 450 g/mol. The zero-order chi connectivity index (χ0) is 23.5. The molecule has 0 spiro atoms. The number of ether oxygens (including phenoxy) is 1. The molecule has 0 radical (unpaired) electrons. The number of hydrogen-bond donors (Lipinski definition) is 2. The van der Waals surface area contributed by atoms with Gasteiger partial charge < -0.3 is 9.84 Å². The van der Waals surface area contributed by atoms with Gasteiger partial charge in [0.15, 0.2) is 5.71 Å². The molecular formula is C25H19N5O3S. The molecule has 168 valence electrons. The average Bonchev–Trinajstić information content (AvgIpc) is 3.48. The molecule has 0 aliphatic carbocycles. The van der Waals surface area contributed by atoms with E-state index in [1.807, 2.05) is 60.0 Å². The molecule has 1 aromatic heterocycles. The van der Waals surface area contributed by atoms with Crippen LogP contribution in [0, 0.1) is 0 Å². The van der Waals surface area contributed by atoms with Crippen LogP contribution >= 0.6 is 11.3 Å². The quantitative estimate of drug-likeness (QED) is 0.397. The van der Waals surface area contributed by atoms with Gasteiger partial charge in [-0.2, -0.15) is 15.2 Å². The molecule has 1 amide bonds. The van der Waals surface area contributed by atoms with Crippen molar-refractivity contribution < 1.29 is 14.6 Å². The molecule has 0 saturated heterocycles. The first-order chi connectivity index (χ1) is 16.6. The molecule has 0 saturated carbocycles. The first-order valence-electron chi connectivity index (χ1n) is 10.3. The Kier molecular flexibility index (Phi) is 5.75. The summed E-state index contributed by atoms with van der Waals surface area (Å²) < 4.78 is 5.21. The fourth-order valence-electron chi connectivity index (χ4n) is 3.37. The maximum atomic E-state index is 13.3. The van der Waals surface area contributed by atoms with Crippen molar-refractivity contribution in [2.45, 2.75) is 0 Å². The Bertz CT molecular complexity index is 1400. The number of anilines is 2. The van der Waals surface area contributed by atoms with E-state index < -0.39 is 5.91 Å². The maximum absolute atomic E-state index is 13.3. The van der Waals surface area contributed by atoms with Gasteiger partial charge in [-0.3, -0.25) is 10.2 Å². The molecule has 1 aliphatic heterocycles. The third-order valence-electron chi connectivity index (χ3n) is 5.07. The summed E-state index contributed by atoms with van der Waals surface area (Å²) in [6.45, 7) is 0. The van der Waals surface area contributed by atoms with Gasteiger partial charge in [-0.1, -0.05) is 36.4 Å². The van der Waals surface area contributed by atoms with E-state index >= 15 is 0 Å². The lowest BCUT2D eigenvalue weighted by Crippen LogP contribution is -2.28. The van der Waals surface area contributed by atoms with Gasteiger partial charge in [0, 0.05) is 22.6 Å². The Hall–Kier alpha value is -4.50. The van der Waals surface area contributed by atoms with Crippen LogP contribution in [-0.2, 0) is 4.79 Å². The van der Waals surface area contributed by atoms with Crippen LogP contribution in [0.1, 0.15) is 5.56 Å². The molecule has 34 heavy (non-hydrogen) atoms.